The number of carbonyl (C=O) groups excluding carboxylic acids is 2. The fourth-order valence-corrected chi connectivity index (χ4v) is 7.94. The van der Waals surface area contributed by atoms with Gasteiger partial charge in [-0.3, -0.25) is 9.59 Å². The van der Waals surface area contributed by atoms with Gasteiger partial charge in [0.1, 0.15) is 5.78 Å². The van der Waals surface area contributed by atoms with Crippen molar-refractivity contribution in [1.82, 2.24) is 0 Å². The Morgan fingerprint density at radius 1 is 1.00 bits per heavy atom. The Kier molecular flexibility index (Phi) is 4.21. The van der Waals surface area contributed by atoms with E-state index in [-0.39, 0.29) is 28.8 Å². The minimum Gasteiger partial charge on any atom is -0.414 e. The zero-order valence-corrected chi connectivity index (χ0v) is 18.1. The standard InChI is InChI=1S/C22H34O3Si/c1-21-10-8-15(25-26(3,4)5)12-14(21)13-18(23)20-16-6-7-19(24)22(16,2)11-9-17(20)21/h13,15-17,20H,6-12H2,1-5H3/t15-,16-,17-,20-,21-,22-/m0/s1. The van der Waals surface area contributed by atoms with E-state index in [1.807, 2.05) is 6.08 Å². The third-order valence-corrected chi connectivity index (χ3v) is 9.17. The molecule has 4 rings (SSSR count). The van der Waals surface area contributed by atoms with Gasteiger partial charge in [-0.25, -0.2) is 0 Å². The molecule has 4 aliphatic rings. The average Bonchev–Trinajstić information content (AvgIpc) is 2.83. The molecule has 4 aliphatic carbocycles. The van der Waals surface area contributed by atoms with Crippen molar-refractivity contribution >= 4 is 19.9 Å². The minimum atomic E-state index is -1.56. The van der Waals surface area contributed by atoms with Gasteiger partial charge in [-0.1, -0.05) is 19.4 Å². The number of ketones is 2. The van der Waals surface area contributed by atoms with Gasteiger partial charge in [0.05, 0.1) is 0 Å². The summed E-state index contributed by atoms with van der Waals surface area (Å²) in [6.45, 7) is 11.3. The molecule has 0 bridgehead atoms. The van der Waals surface area contributed by atoms with Crippen LogP contribution >= 0.6 is 0 Å². The fraction of sp³-hybridized carbons (Fsp3) is 0.818. The molecule has 26 heavy (non-hydrogen) atoms. The highest BCUT2D eigenvalue weighted by Crippen LogP contribution is 2.63. The molecule has 0 radical (unpaired) electrons. The van der Waals surface area contributed by atoms with Crippen molar-refractivity contribution in [3.05, 3.63) is 11.6 Å². The molecule has 0 aromatic carbocycles. The molecule has 3 nitrogen and oxygen atoms in total. The molecule has 3 saturated carbocycles. The van der Waals surface area contributed by atoms with Gasteiger partial charge < -0.3 is 4.43 Å². The lowest BCUT2D eigenvalue weighted by Gasteiger charge is -2.56. The number of hydrogen-bond acceptors (Lipinski definition) is 3. The first-order valence-electron chi connectivity index (χ1n) is 10.5. The largest absolute Gasteiger partial charge is 0.414 e. The van der Waals surface area contributed by atoms with Gasteiger partial charge in [-0.05, 0) is 81.5 Å². The normalized spacial score (nSPS) is 45.7. The minimum absolute atomic E-state index is 0.0726. The first kappa shape index (κ1) is 18.6. The molecule has 0 amide bonds. The molecular formula is C22H34O3Si. The van der Waals surface area contributed by atoms with E-state index < -0.39 is 8.32 Å². The lowest BCUT2D eigenvalue weighted by atomic mass is 9.48. The van der Waals surface area contributed by atoms with Gasteiger partial charge in [-0.2, -0.15) is 0 Å². The van der Waals surface area contributed by atoms with Crippen molar-refractivity contribution in [3.63, 3.8) is 0 Å². The Hall–Kier alpha value is -0.743. The quantitative estimate of drug-likeness (QED) is 0.645. The lowest BCUT2D eigenvalue weighted by Crippen LogP contribution is -2.53. The smallest absolute Gasteiger partial charge is 0.184 e. The maximum atomic E-state index is 13.2. The molecule has 144 valence electrons. The summed E-state index contributed by atoms with van der Waals surface area (Å²) in [5.74, 6) is 1.48. The van der Waals surface area contributed by atoms with Crippen molar-refractivity contribution in [3.8, 4) is 0 Å². The van der Waals surface area contributed by atoms with E-state index in [4.69, 9.17) is 4.43 Å². The predicted octanol–water partition coefficient (Wildman–Crippen LogP) is 4.92. The van der Waals surface area contributed by atoms with Crippen LogP contribution in [0.3, 0.4) is 0 Å². The Bertz CT molecular complexity index is 675. The first-order valence-corrected chi connectivity index (χ1v) is 13.9. The van der Waals surface area contributed by atoms with Crippen LogP contribution in [-0.4, -0.2) is 26.0 Å². The van der Waals surface area contributed by atoms with E-state index in [0.717, 1.165) is 38.5 Å². The molecular weight excluding hydrogens is 340 g/mol. The Morgan fingerprint density at radius 2 is 1.65 bits per heavy atom. The highest BCUT2D eigenvalue weighted by atomic mass is 28.4. The zero-order chi connectivity index (χ0) is 18.9. The van der Waals surface area contributed by atoms with Crippen molar-refractivity contribution in [1.29, 1.82) is 0 Å². The molecule has 0 spiro atoms. The molecule has 0 heterocycles. The van der Waals surface area contributed by atoms with E-state index in [1.54, 1.807) is 0 Å². The topological polar surface area (TPSA) is 43.4 Å². The van der Waals surface area contributed by atoms with Crippen molar-refractivity contribution in [2.45, 2.75) is 84.5 Å². The first-order chi connectivity index (χ1) is 12.0. The van der Waals surface area contributed by atoms with Crippen molar-refractivity contribution < 1.29 is 14.0 Å². The van der Waals surface area contributed by atoms with Gasteiger partial charge in [0.15, 0.2) is 14.1 Å². The Labute approximate surface area is 159 Å². The van der Waals surface area contributed by atoms with Gasteiger partial charge in [-0.15, -0.1) is 0 Å². The summed E-state index contributed by atoms with van der Waals surface area (Å²) < 4.78 is 6.39. The number of Topliss-reactive ketones (excluding diaryl/α,β-unsaturated/α-hetero) is 1. The summed E-state index contributed by atoms with van der Waals surface area (Å²) >= 11 is 0. The molecule has 0 saturated heterocycles. The van der Waals surface area contributed by atoms with Gasteiger partial charge in [0.25, 0.3) is 0 Å². The molecule has 0 aromatic heterocycles. The average molecular weight is 375 g/mol. The number of fused-ring (bicyclic) bond motifs is 5. The monoisotopic (exact) mass is 374 g/mol. The van der Waals surface area contributed by atoms with Gasteiger partial charge in [0.2, 0.25) is 0 Å². The van der Waals surface area contributed by atoms with E-state index in [2.05, 4.69) is 33.5 Å². The number of hydrogen-bond donors (Lipinski definition) is 0. The van der Waals surface area contributed by atoms with Crippen LogP contribution in [0.1, 0.15) is 58.8 Å². The summed E-state index contributed by atoms with van der Waals surface area (Å²) in [7, 11) is -1.56. The van der Waals surface area contributed by atoms with Crippen LogP contribution in [0.25, 0.3) is 0 Å². The Balaban J connectivity index is 1.64. The van der Waals surface area contributed by atoms with Gasteiger partial charge in [0, 0.05) is 23.9 Å². The summed E-state index contributed by atoms with van der Waals surface area (Å²) in [5.41, 5.74) is 1.23. The van der Waals surface area contributed by atoms with E-state index >= 15 is 0 Å². The van der Waals surface area contributed by atoms with Crippen LogP contribution in [0.2, 0.25) is 19.6 Å². The van der Waals surface area contributed by atoms with E-state index in [1.165, 1.54) is 5.57 Å². The second kappa shape index (κ2) is 5.87. The summed E-state index contributed by atoms with van der Waals surface area (Å²) in [6.07, 6.45) is 9.03. The lowest BCUT2D eigenvalue weighted by molar-refractivity contribution is -0.139. The van der Waals surface area contributed by atoms with E-state index in [9.17, 15) is 9.59 Å². The van der Waals surface area contributed by atoms with Crippen LogP contribution in [0.4, 0.5) is 0 Å². The van der Waals surface area contributed by atoms with Crippen molar-refractivity contribution in [2.75, 3.05) is 0 Å². The SMILES string of the molecule is C[C@]12CC[C@H](O[Si](C)(C)C)CC1=CC(=O)[C@@H]1[C@@H]2CC[C@]2(C)C(=O)CC[C@@H]12. The zero-order valence-electron chi connectivity index (χ0n) is 17.1. The fourth-order valence-electron chi connectivity index (χ4n) is 6.74. The maximum Gasteiger partial charge on any atom is 0.184 e. The Morgan fingerprint density at radius 3 is 2.35 bits per heavy atom. The second-order valence-corrected chi connectivity index (χ2v) is 15.2. The predicted molar refractivity (Wildman–Crippen MR) is 105 cm³/mol. The third-order valence-electron chi connectivity index (χ3n) is 8.13. The van der Waals surface area contributed by atoms with Crippen molar-refractivity contribution in [2.24, 2.45) is 28.6 Å². The van der Waals surface area contributed by atoms with E-state index in [0.29, 0.717) is 23.9 Å². The highest BCUT2D eigenvalue weighted by Gasteiger charge is 2.61. The molecule has 0 unspecified atom stereocenters. The molecule has 0 aliphatic heterocycles. The molecule has 0 aromatic rings. The molecule has 4 heteroatoms. The summed E-state index contributed by atoms with van der Waals surface area (Å²) in [5, 5.41) is 0. The van der Waals surface area contributed by atoms with Gasteiger partial charge >= 0.3 is 0 Å². The van der Waals surface area contributed by atoms with Crippen LogP contribution in [0.15, 0.2) is 11.6 Å². The number of allylic oxidation sites excluding steroid dienone is 1. The number of carbonyl (C=O) groups is 2. The number of rotatable bonds is 2. The molecule has 0 N–H and O–H groups in total. The molecule has 3 fully saturated rings. The summed E-state index contributed by atoms with van der Waals surface area (Å²) in [4.78, 5) is 25.7. The van der Waals surface area contributed by atoms with Crippen LogP contribution in [-0.2, 0) is 14.0 Å². The van der Waals surface area contributed by atoms with Crippen LogP contribution in [0.5, 0.6) is 0 Å². The van der Waals surface area contributed by atoms with Crippen LogP contribution in [0, 0.1) is 28.6 Å². The summed E-state index contributed by atoms with van der Waals surface area (Å²) in [6, 6.07) is 0. The third kappa shape index (κ3) is 2.71. The second-order valence-electron chi connectivity index (χ2n) is 10.7. The maximum absolute atomic E-state index is 13.2. The highest BCUT2D eigenvalue weighted by molar-refractivity contribution is 6.69. The molecule has 6 atom stereocenters. The van der Waals surface area contributed by atoms with Crippen LogP contribution < -0.4 is 0 Å².